The second-order valence-corrected chi connectivity index (χ2v) is 5.23. The molecule has 0 saturated heterocycles. The molecule has 3 aromatic heterocycles. The van der Waals surface area contributed by atoms with Crippen LogP contribution in [0.1, 0.15) is 36.1 Å². The summed E-state index contributed by atoms with van der Waals surface area (Å²) in [5.41, 5.74) is 2.61. The zero-order valence-corrected chi connectivity index (χ0v) is 13.6. The molecule has 6 heteroatoms. The molecule has 0 spiro atoms. The third kappa shape index (κ3) is 3.17. The molecule has 3 aromatic rings. The minimum absolute atomic E-state index is 0.147. The normalized spacial score (nSPS) is 11.9. The molecule has 3 heterocycles. The van der Waals surface area contributed by atoms with E-state index < -0.39 is 5.97 Å². The van der Waals surface area contributed by atoms with Crippen LogP contribution in [0.4, 0.5) is 0 Å². The van der Waals surface area contributed by atoms with Crippen molar-refractivity contribution in [3.05, 3.63) is 66.2 Å². The Bertz CT molecular complexity index is 816. The molecule has 0 bridgehead atoms. The highest BCUT2D eigenvalue weighted by molar-refractivity contribution is 5.88. The number of carbonyl (C=O) groups is 1. The minimum atomic E-state index is -0.443. The summed E-state index contributed by atoms with van der Waals surface area (Å²) >= 11 is 0. The number of rotatable bonds is 5. The van der Waals surface area contributed by atoms with Crippen LogP contribution in [0, 0.1) is 0 Å². The van der Waals surface area contributed by atoms with Crippen LogP contribution in [0.25, 0.3) is 11.4 Å². The Morgan fingerprint density at radius 3 is 2.54 bits per heavy atom. The lowest BCUT2D eigenvalue weighted by atomic mass is 10.2. The maximum absolute atomic E-state index is 12.1. The van der Waals surface area contributed by atoms with Crippen molar-refractivity contribution in [1.29, 1.82) is 0 Å². The fourth-order valence-electron chi connectivity index (χ4n) is 2.45. The number of aromatic nitrogens is 4. The first-order valence-electron chi connectivity index (χ1n) is 7.79. The first-order chi connectivity index (χ1) is 11.7. The molecule has 1 unspecified atom stereocenters. The summed E-state index contributed by atoms with van der Waals surface area (Å²) in [5.74, 6) is -0.443. The van der Waals surface area contributed by atoms with Gasteiger partial charge in [-0.05, 0) is 38.1 Å². The second-order valence-electron chi connectivity index (χ2n) is 5.23. The van der Waals surface area contributed by atoms with Crippen molar-refractivity contribution in [2.24, 2.45) is 0 Å². The Hall–Kier alpha value is -3.02. The van der Waals surface area contributed by atoms with Gasteiger partial charge in [0.05, 0.1) is 29.7 Å². The van der Waals surface area contributed by atoms with E-state index in [-0.39, 0.29) is 11.7 Å². The van der Waals surface area contributed by atoms with Crippen LogP contribution < -0.4 is 0 Å². The summed E-state index contributed by atoms with van der Waals surface area (Å²) in [6.07, 6.45) is 3.45. The summed E-state index contributed by atoms with van der Waals surface area (Å²) in [6, 6.07) is 12.9. The highest BCUT2D eigenvalue weighted by atomic mass is 16.5. The standard InChI is InChI=1S/C18H18N4O2/c1-3-24-18(23)16-12-17(15-9-5-7-11-20-15)22(21-16)13(2)14-8-4-6-10-19-14/h4-13H,3H2,1-2H3. The van der Waals surface area contributed by atoms with Gasteiger partial charge in [0, 0.05) is 18.5 Å². The van der Waals surface area contributed by atoms with Gasteiger partial charge in [0.25, 0.3) is 0 Å². The van der Waals surface area contributed by atoms with Gasteiger partial charge in [-0.15, -0.1) is 0 Å². The smallest absolute Gasteiger partial charge is 0.358 e. The molecule has 0 radical (unpaired) electrons. The maximum Gasteiger partial charge on any atom is 0.358 e. The molecule has 0 aliphatic carbocycles. The minimum Gasteiger partial charge on any atom is -0.461 e. The van der Waals surface area contributed by atoms with Crippen LogP contribution in [0.5, 0.6) is 0 Å². The van der Waals surface area contributed by atoms with Crippen molar-refractivity contribution in [3.63, 3.8) is 0 Å². The van der Waals surface area contributed by atoms with Crippen molar-refractivity contribution >= 4 is 5.97 Å². The molecule has 3 rings (SSSR count). The van der Waals surface area contributed by atoms with E-state index in [0.717, 1.165) is 17.1 Å². The molecule has 6 nitrogen and oxygen atoms in total. The fourth-order valence-corrected chi connectivity index (χ4v) is 2.45. The van der Waals surface area contributed by atoms with Gasteiger partial charge >= 0.3 is 5.97 Å². The molecule has 0 fully saturated rings. The van der Waals surface area contributed by atoms with E-state index in [0.29, 0.717) is 6.61 Å². The van der Waals surface area contributed by atoms with Gasteiger partial charge in [0.1, 0.15) is 0 Å². The third-order valence-electron chi connectivity index (χ3n) is 3.63. The predicted molar refractivity (Wildman–Crippen MR) is 89.5 cm³/mol. The molecular weight excluding hydrogens is 304 g/mol. The number of carbonyl (C=O) groups excluding carboxylic acids is 1. The number of ether oxygens (including phenoxy) is 1. The van der Waals surface area contributed by atoms with E-state index in [1.54, 1.807) is 30.1 Å². The lowest BCUT2D eigenvalue weighted by molar-refractivity contribution is 0.0518. The van der Waals surface area contributed by atoms with Gasteiger partial charge in [0.15, 0.2) is 5.69 Å². The van der Waals surface area contributed by atoms with Gasteiger partial charge < -0.3 is 4.74 Å². The molecule has 0 aromatic carbocycles. The van der Waals surface area contributed by atoms with Crippen LogP contribution >= 0.6 is 0 Å². The first-order valence-corrected chi connectivity index (χ1v) is 7.79. The van der Waals surface area contributed by atoms with Crippen LogP contribution in [-0.2, 0) is 4.74 Å². The summed E-state index contributed by atoms with van der Waals surface area (Å²) in [6.45, 7) is 4.06. The van der Waals surface area contributed by atoms with E-state index in [9.17, 15) is 4.79 Å². The molecular formula is C18H18N4O2. The average molecular weight is 322 g/mol. The number of hydrogen-bond acceptors (Lipinski definition) is 5. The summed E-state index contributed by atoms with van der Waals surface area (Å²) < 4.78 is 6.83. The summed E-state index contributed by atoms with van der Waals surface area (Å²) in [5, 5.41) is 4.44. The van der Waals surface area contributed by atoms with Gasteiger partial charge in [-0.3, -0.25) is 14.6 Å². The number of hydrogen-bond donors (Lipinski definition) is 0. The fraction of sp³-hybridized carbons (Fsp3) is 0.222. The van der Waals surface area contributed by atoms with E-state index in [1.165, 1.54) is 0 Å². The van der Waals surface area contributed by atoms with Gasteiger partial charge in [-0.2, -0.15) is 5.10 Å². The Morgan fingerprint density at radius 2 is 1.92 bits per heavy atom. The Morgan fingerprint density at radius 1 is 1.17 bits per heavy atom. The summed E-state index contributed by atoms with van der Waals surface area (Å²) in [7, 11) is 0. The largest absolute Gasteiger partial charge is 0.461 e. The van der Waals surface area contributed by atoms with Gasteiger partial charge in [0.2, 0.25) is 0 Å². The van der Waals surface area contributed by atoms with Crippen molar-refractivity contribution in [1.82, 2.24) is 19.7 Å². The van der Waals surface area contributed by atoms with Crippen LogP contribution in [0.15, 0.2) is 54.9 Å². The Labute approximate surface area is 140 Å². The summed E-state index contributed by atoms with van der Waals surface area (Å²) in [4.78, 5) is 20.8. The van der Waals surface area contributed by atoms with E-state index >= 15 is 0 Å². The van der Waals surface area contributed by atoms with Crippen LogP contribution in [0.3, 0.4) is 0 Å². The monoisotopic (exact) mass is 322 g/mol. The SMILES string of the molecule is CCOC(=O)c1cc(-c2ccccn2)n(C(C)c2ccccn2)n1. The number of esters is 1. The number of nitrogens with zero attached hydrogens (tertiary/aromatic N) is 4. The third-order valence-corrected chi connectivity index (χ3v) is 3.63. The zero-order chi connectivity index (χ0) is 16.9. The average Bonchev–Trinajstić information content (AvgIpc) is 3.08. The lowest BCUT2D eigenvalue weighted by Crippen LogP contribution is -2.13. The van der Waals surface area contributed by atoms with Crippen molar-refractivity contribution in [2.75, 3.05) is 6.61 Å². The second kappa shape index (κ2) is 7.04. The highest BCUT2D eigenvalue weighted by Crippen LogP contribution is 2.25. The van der Waals surface area contributed by atoms with Crippen LogP contribution in [0.2, 0.25) is 0 Å². The first kappa shape index (κ1) is 15.9. The molecule has 0 amide bonds. The predicted octanol–water partition coefficient (Wildman–Crippen LogP) is 3.13. The Balaban J connectivity index is 2.07. The zero-order valence-electron chi connectivity index (χ0n) is 13.6. The molecule has 0 N–H and O–H groups in total. The van der Waals surface area contributed by atoms with Crippen LogP contribution in [-0.4, -0.2) is 32.3 Å². The van der Waals surface area contributed by atoms with Gasteiger partial charge in [-0.25, -0.2) is 4.79 Å². The van der Waals surface area contributed by atoms with E-state index in [2.05, 4.69) is 15.1 Å². The highest BCUT2D eigenvalue weighted by Gasteiger charge is 2.21. The lowest BCUT2D eigenvalue weighted by Gasteiger charge is -2.14. The quantitative estimate of drug-likeness (QED) is 0.675. The molecule has 0 saturated carbocycles. The van der Waals surface area contributed by atoms with Crippen molar-refractivity contribution < 1.29 is 9.53 Å². The molecule has 0 aliphatic heterocycles. The Kier molecular flexibility index (Phi) is 4.65. The molecule has 1 atom stereocenters. The molecule has 0 aliphatic rings. The molecule has 24 heavy (non-hydrogen) atoms. The van der Waals surface area contributed by atoms with E-state index in [1.807, 2.05) is 43.3 Å². The maximum atomic E-state index is 12.1. The number of pyridine rings is 2. The molecule has 122 valence electrons. The van der Waals surface area contributed by atoms with Crippen molar-refractivity contribution in [2.45, 2.75) is 19.9 Å². The topological polar surface area (TPSA) is 69.9 Å². The van der Waals surface area contributed by atoms with E-state index in [4.69, 9.17) is 4.74 Å². The van der Waals surface area contributed by atoms with Gasteiger partial charge in [-0.1, -0.05) is 12.1 Å². The van der Waals surface area contributed by atoms with Crippen molar-refractivity contribution in [3.8, 4) is 11.4 Å².